The molecule has 0 fully saturated rings. The number of anilines is 1. The Bertz CT molecular complexity index is 1040. The molecule has 0 saturated heterocycles. The van der Waals surface area contributed by atoms with E-state index in [4.69, 9.17) is 0 Å². The van der Waals surface area contributed by atoms with Crippen LogP contribution in [-0.4, -0.2) is 36.1 Å². The van der Waals surface area contributed by atoms with Gasteiger partial charge in [-0.05, 0) is 31.2 Å². The molecule has 0 N–H and O–H groups in total. The number of amides is 1. The van der Waals surface area contributed by atoms with E-state index in [9.17, 15) is 22.8 Å². The number of rotatable bonds is 3. The summed E-state index contributed by atoms with van der Waals surface area (Å²) in [6, 6.07) is 4.17. The average molecular weight is 434 g/mol. The second kappa shape index (κ2) is 7.76. The summed E-state index contributed by atoms with van der Waals surface area (Å²) in [6.07, 6.45) is -3.09. The topological polar surface area (TPSA) is 55.2 Å². The predicted molar refractivity (Wildman–Crippen MR) is 110 cm³/mol. The van der Waals surface area contributed by atoms with Gasteiger partial charge in [-0.15, -0.1) is 11.5 Å². The molecular weight excluding hydrogens is 411 g/mol. The van der Waals surface area contributed by atoms with Crippen LogP contribution in [0.1, 0.15) is 45.8 Å². The number of hydrogen-bond donors (Lipinski definition) is 0. The third-order valence-corrected chi connectivity index (χ3v) is 5.55. The van der Waals surface area contributed by atoms with Gasteiger partial charge in [0.2, 0.25) is 0 Å². The lowest BCUT2D eigenvalue weighted by atomic mass is 10.1. The Hall–Kier alpha value is -2.86. The molecule has 2 heterocycles. The van der Waals surface area contributed by atoms with E-state index in [2.05, 4.69) is 36.2 Å². The van der Waals surface area contributed by atoms with Crippen LogP contribution in [0, 0.1) is 11.5 Å². The van der Waals surface area contributed by atoms with Crippen molar-refractivity contribution in [2.45, 2.75) is 45.2 Å². The molecule has 0 unspecified atom stereocenters. The summed E-state index contributed by atoms with van der Waals surface area (Å²) in [7, 11) is -1.62. The van der Waals surface area contributed by atoms with E-state index >= 15 is 0 Å². The lowest BCUT2D eigenvalue weighted by Gasteiger charge is -2.32. The van der Waals surface area contributed by atoms with Gasteiger partial charge in [0.25, 0.3) is 5.91 Å². The Morgan fingerprint density at radius 3 is 2.43 bits per heavy atom. The van der Waals surface area contributed by atoms with Crippen molar-refractivity contribution in [1.29, 1.82) is 0 Å². The quantitative estimate of drug-likeness (QED) is 0.405. The third-order valence-electron chi connectivity index (χ3n) is 4.63. The van der Waals surface area contributed by atoms with Crippen molar-refractivity contribution in [3.05, 3.63) is 47.3 Å². The lowest BCUT2D eigenvalue weighted by molar-refractivity contribution is -0.137. The summed E-state index contributed by atoms with van der Waals surface area (Å²) in [5.41, 5.74) is 3.01. The molecule has 0 spiro atoms. The molecular formula is C21H22F3N3O2Si. The Morgan fingerprint density at radius 1 is 1.23 bits per heavy atom. The fraction of sp³-hybridized carbons (Fsp3) is 0.381. The highest BCUT2D eigenvalue weighted by molar-refractivity contribution is 6.83. The summed E-state index contributed by atoms with van der Waals surface area (Å²) in [4.78, 5) is 27.2. The zero-order valence-electron chi connectivity index (χ0n) is 17.2. The number of halogens is 3. The first-order chi connectivity index (χ1) is 13.9. The molecule has 1 aliphatic heterocycles. The highest BCUT2D eigenvalue weighted by Gasteiger charge is 2.36. The summed E-state index contributed by atoms with van der Waals surface area (Å²) in [6.45, 7) is 8.28. The van der Waals surface area contributed by atoms with Gasteiger partial charge in [0, 0.05) is 12.2 Å². The standard InChI is InChI=1S/C21H22F3N3O2Si/c1-14-13-26(16-9-7-15(8-10-16)21(22,23)24)20(29)19-17(12-25-27(14)19)18(28)6-5-11-30(2,3)4/h7-10,12,14H,6,13H2,1-4H3/t14-/m0/s1. The second-order valence-electron chi connectivity index (χ2n) is 8.31. The van der Waals surface area contributed by atoms with Crippen molar-refractivity contribution in [2.24, 2.45) is 0 Å². The van der Waals surface area contributed by atoms with E-state index in [-0.39, 0.29) is 36.0 Å². The molecule has 1 amide bonds. The van der Waals surface area contributed by atoms with Crippen molar-refractivity contribution in [3.63, 3.8) is 0 Å². The van der Waals surface area contributed by atoms with E-state index in [0.29, 0.717) is 5.69 Å². The van der Waals surface area contributed by atoms with Crippen LogP contribution < -0.4 is 4.90 Å². The molecule has 0 saturated carbocycles. The van der Waals surface area contributed by atoms with Crippen LogP contribution in [0.3, 0.4) is 0 Å². The third kappa shape index (κ3) is 4.49. The maximum atomic E-state index is 13.1. The van der Waals surface area contributed by atoms with Gasteiger partial charge in [-0.2, -0.15) is 18.3 Å². The normalized spacial score (nSPS) is 16.7. The minimum absolute atomic E-state index is 0.00902. The first-order valence-electron chi connectivity index (χ1n) is 9.48. The maximum absolute atomic E-state index is 13.1. The number of Topliss-reactive ketones (excluding diaryl/α,β-unsaturated/α-hetero) is 1. The Morgan fingerprint density at radius 2 is 1.87 bits per heavy atom. The van der Waals surface area contributed by atoms with Crippen molar-refractivity contribution in [2.75, 3.05) is 11.4 Å². The summed E-state index contributed by atoms with van der Waals surface area (Å²) in [5, 5.41) is 4.20. The molecule has 5 nitrogen and oxygen atoms in total. The van der Waals surface area contributed by atoms with Gasteiger partial charge in [0.1, 0.15) is 13.8 Å². The van der Waals surface area contributed by atoms with Crippen molar-refractivity contribution >= 4 is 25.5 Å². The monoisotopic (exact) mass is 433 g/mol. The van der Waals surface area contributed by atoms with Crippen LogP contribution in [0.2, 0.25) is 19.6 Å². The van der Waals surface area contributed by atoms with Gasteiger partial charge in [0.05, 0.1) is 29.8 Å². The number of aromatic nitrogens is 2. The van der Waals surface area contributed by atoms with Crippen molar-refractivity contribution in [1.82, 2.24) is 9.78 Å². The molecule has 0 radical (unpaired) electrons. The summed E-state index contributed by atoms with van der Waals surface area (Å²) < 4.78 is 40.0. The number of alkyl halides is 3. The highest BCUT2D eigenvalue weighted by atomic mass is 28.3. The fourth-order valence-electron chi connectivity index (χ4n) is 3.20. The molecule has 0 aliphatic carbocycles. The smallest absolute Gasteiger partial charge is 0.305 e. The maximum Gasteiger partial charge on any atom is 0.416 e. The van der Waals surface area contributed by atoms with Crippen molar-refractivity contribution in [3.8, 4) is 11.5 Å². The zero-order chi connectivity index (χ0) is 22.3. The van der Waals surface area contributed by atoms with Crippen molar-refractivity contribution < 1.29 is 22.8 Å². The van der Waals surface area contributed by atoms with Crippen LogP contribution in [0.4, 0.5) is 18.9 Å². The average Bonchev–Trinajstić information content (AvgIpc) is 3.09. The van der Waals surface area contributed by atoms with Gasteiger partial charge in [-0.25, -0.2) is 0 Å². The van der Waals surface area contributed by atoms with E-state index in [1.165, 1.54) is 27.9 Å². The van der Waals surface area contributed by atoms with Crippen LogP contribution >= 0.6 is 0 Å². The highest BCUT2D eigenvalue weighted by Crippen LogP contribution is 2.33. The predicted octanol–water partition coefficient (Wildman–Crippen LogP) is 4.58. The molecule has 1 atom stereocenters. The van der Waals surface area contributed by atoms with Crippen LogP contribution in [0.5, 0.6) is 0 Å². The number of carbonyl (C=O) groups is 2. The number of fused-ring (bicyclic) bond motifs is 1. The Kier molecular flexibility index (Phi) is 5.65. The summed E-state index contributed by atoms with van der Waals surface area (Å²) >= 11 is 0. The van der Waals surface area contributed by atoms with Gasteiger partial charge >= 0.3 is 6.18 Å². The van der Waals surface area contributed by atoms with Crippen LogP contribution in [0.15, 0.2) is 30.5 Å². The molecule has 9 heteroatoms. The zero-order valence-corrected chi connectivity index (χ0v) is 18.2. The van der Waals surface area contributed by atoms with Crippen LogP contribution in [-0.2, 0) is 6.18 Å². The largest absolute Gasteiger partial charge is 0.416 e. The summed E-state index contributed by atoms with van der Waals surface area (Å²) in [5.74, 6) is 2.14. The van der Waals surface area contributed by atoms with Gasteiger partial charge < -0.3 is 4.90 Å². The Balaban J connectivity index is 1.91. The molecule has 1 aromatic heterocycles. The first-order valence-corrected chi connectivity index (χ1v) is 13.0. The Labute approximate surface area is 173 Å². The molecule has 0 bridgehead atoms. The number of nitrogens with zero attached hydrogens (tertiary/aromatic N) is 3. The number of carbonyl (C=O) groups excluding carboxylic acids is 2. The fourth-order valence-corrected chi connectivity index (χ4v) is 3.82. The number of benzene rings is 1. The number of ketones is 1. The lowest BCUT2D eigenvalue weighted by Crippen LogP contribution is -2.43. The molecule has 2 aromatic rings. The molecule has 3 rings (SSSR count). The van der Waals surface area contributed by atoms with Crippen LogP contribution in [0.25, 0.3) is 0 Å². The van der Waals surface area contributed by atoms with E-state index < -0.39 is 25.7 Å². The van der Waals surface area contributed by atoms with Gasteiger partial charge in [-0.3, -0.25) is 14.3 Å². The second-order valence-corrected chi connectivity index (χ2v) is 13.1. The molecule has 158 valence electrons. The SMILES string of the molecule is C[C@H]1CN(c2ccc(C(F)(F)F)cc2)C(=O)c2c(C(=O)CC#C[Si](C)(C)C)cnn21. The molecule has 1 aromatic carbocycles. The van der Waals surface area contributed by atoms with E-state index in [1.54, 1.807) is 0 Å². The first kappa shape index (κ1) is 21.8. The van der Waals surface area contributed by atoms with E-state index in [0.717, 1.165) is 12.1 Å². The molecule has 30 heavy (non-hydrogen) atoms. The van der Waals surface area contributed by atoms with Gasteiger partial charge in [-0.1, -0.05) is 19.6 Å². The van der Waals surface area contributed by atoms with Gasteiger partial charge in [0.15, 0.2) is 5.78 Å². The minimum Gasteiger partial charge on any atom is -0.305 e. The minimum atomic E-state index is -4.45. The molecule has 1 aliphatic rings. The number of hydrogen-bond acceptors (Lipinski definition) is 3. The van der Waals surface area contributed by atoms with E-state index in [1.807, 2.05) is 6.92 Å².